The van der Waals surface area contributed by atoms with E-state index in [4.69, 9.17) is 16.3 Å². The molecule has 0 bridgehead atoms. The molecule has 2 rings (SSSR count). The minimum atomic E-state index is -3.94. The molecule has 0 aliphatic rings. The van der Waals surface area contributed by atoms with E-state index in [0.717, 1.165) is 41.1 Å². The molecule has 2 aromatic carbocycles. The van der Waals surface area contributed by atoms with Crippen LogP contribution in [-0.4, -0.2) is 57.6 Å². The number of unbranched alkanes of at least 4 members (excludes halogenated alkanes) is 1. The van der Waals surface area contributed by atoms with Gasteiger partial charge in [0, 0.05) is 13.1 Å². The van der Waals surface area contributed by atoms with E-state index in [0.29, 0.717) is 18.7 Å². The minimum absolute atomic E-state index is 0.0436. The Labute approximate surface area is 217 Å². The van der Waals surface area contributed by atoms with Crippen LogP contribution >= 0.6 is 11.6 Å². The number of hydrogen-bond acceptors (Lipinski definition) is 5. The molecule has 0 saturated heterocycles. The lowest BCUT2D eigenvalue weighted by atomic mass is 10.1. The lowest BCUT2D eigenvalue weighted by Crippen LogP contribution is -2.52. The third-order valence-corrected chi connectivity index (χ3v) is 7.03. The zero-order valence-corrected chi connectivity index (χ0v) is 22.5. The van der Waals surface area contributed by atoms with E-state index >= 15 is 0 Å². The molecular weight excluding hydrogens is 509 g/mol. The second kappa shape index (κ2) is 13.5. The fourth-order valence-corrected chi connectivity index (χ4v) is 4.62. The predicted molar refractivity (Wildman–Crippen MR) is 139 cm³/mol. The van der Waals surface area contributed by atoms with Crippen molar-refractivity contribution in [2.45, 2.75) is 45.7 Å². The number of carbonyl (C=O) groups is 2. The molecule has 2 aromatic rings. The van der Waals surface area contributed by atoms with Crippen LogP contribution in [0.2, 0.25) is 5.02 Å². The Morgan fingerprint density at radius 3 is 2.33 bits per heavy atom. The highest BCUT2D eigenvalue weighted by atomic mass is 35.5. The number of carbonyl (C=O) groups excluding carboxylic acids is 2. The maximum Gasteiger partial charge on any atom is 0.244 e. The van der Waals surface area contributed by atoms with Crippen LogP contribution in [-0.2, 0) is 26.2 Å². The van der Waals surface area contributed by atoms with Crippen molar-refractivity contribution in [3.05, 3.63) is 58.9 Å². The van der Waals surface area contributed by atoms with Gasteiger partial charge in [-0.1, -0.05) is 44.0 Å². The molecule has 1 N–H and O–H groups in total. The largest absolute Gasteiger partial charge is 0.497 e. The lowest BCUT2D eigenvalue weighted by Gasteiger charge is -2.33. The number of ether oxygens (including phenoxy) is 1. The van der Waals surface area contributed by atoms with E-state index in [1.54, 1.807) is 38.3 Å². The summed E-state index contributed by atoms with van der Waals surface area (Å²) in [5.41, 5.74) is 0.779. The molecule has 11 heteroatoms. The number of benzene rings is 2. The molecule has 0 radical (unpaired) electrons. The van der Waals surface area contributed by atoms with Crippen LogP contribution in [0.5, 0.6) is 5.75 Å². The van der Waals surface area contributed by atoms with Gasteiger partial charge in [0.2, 0.25) is 21.8 Å². The number of rotatable bonds is 13. The Kier molecular flexibility index (Phi) is 11.0. The molecule has 0 saturated carbocycles. The minimum Gasteiger partial charge on any atom is -0.497 e. The molecule has 0 heterocycles. The average Bonchev–Trinajstić information content (AvgIpc) is 2.84. The predicted octanol–water partition coefficient (Wildman–Crippen LogP) is 3.98. The molecule has 0 spiro atoms. The molecule has 2 amide bonds. The van der Waals surface area contributed by atoms with Crippen molar-refractivity contribution in [2.24, 2.45) is 0 Å². The topological polar surface area (TPSA) is 96.0 Å². The highest BCUT2D eigenvalue weighted by Crippen LogP contribution is 2.25. The van der Waals surface area contributed by atoms with Gasteiger partial charge in [-0.05, 0) is 48.7 Å². The smallest absolute Gasteiger partial charge is 0.244 e. The van der Waals surface area contributed by atoms with E-state index in [2.05, 4.69) is 5.32 Å². The van der Waals surface area contributed by atoms with Crippen LogP contribution in [0.4, 0.5) is 10.1 Å². The zero-order valence-electron chi connectivity index (χ0n) is 21.0. The summed E-state index contributed by atoms with van der Waals surface area (Å²) in [5.74, 6) is -0.980. The molecule has 198 valence electrons. The van der Waals surface area contributed by atoms with Crippen molar-refractivity contribution in [3.63, 3.8) is 0 Å². The van der Waals surface area contributed by atoms with Gasteiger partial charge in [-0.15, -0.1) is 0 Å². The van der Waals surface area contributed by atoms with Crippen LogP contribution < -0.4 is 14.4 Å². The van der Waals surface area contributed by atoms with Crippen molar-refractivity contribution < 1.29 is 27.1 Å². The van der Waals surface area contributed by atoms with Gasteiger partial charge in [-0.3, -0.25) is 13.9 Å². The average molecular weight is 542 g/mol. The number of methoxy groups -OCH3 is 1. The molecule has 0 unspecified atom stereocenters. The van der Waals surface area contributed by atoms with Crippen molar-refractivity contribution >= 4 is 39.1 Å². The van der Waals surface area contributed by atoms with Crippen LogP contribution in [0.3, 0.4) is 0 Å². The molecule has 0 aliphatic carbocycles. The highest BCUT2D eigenvalue weighted by molar-refractivity contribution is 7.92. The maximum absolute atomic E-state index is 13.7. The molecule has 0 aromatic heterocycles. The van der Waals surface area contributed by atoms with E-state index in [1.807, 2.05) is 6.92 Å². The van der Waals surface area contributed by atoms with Crippen molar-refractivity contribution in [1.29, 1.82) is 0 Å². The van der Waals surface area contributed by atoms with Gasteiger partial charge >= 0.3 is 0 Å². The first-order valence-corrected chi connectivity index (χ1v) is 13.9. The molecule has 1 atom stereocenters. The summed E-state index contributed by atoms with van der Waals surface area (Å²) in [6, 6.07) is 9.61. The Balaban J connectivity index is 2.42. The number of halogens is 2. The van der Waals surface area contributed by atoms with Crippen molar-refractivity contribution in [3.8, 4) is 5.75 Å². The highest BCUT2D eigenvalue weighted by Gasteiger charge is 2.31. The Morgan fingerprint density at radius 2 is 1.81 bits per heavy atom. The fraction of sp³-hybridized carbons (Fsp3) is 0.440. The third-order valence-electron chi connectivity index (χ3n) is 5.60. The van der Waals surface area contributed by atoms with E-state index in [1.165, 1.54) is 11.0 Å². The fourth-order valence-electron chi connectivity index (χ4n) is 3.61. The number of sulfonamides is 1. The molecule has 8 nitrogen and oxygen atoms in total. The summed E-state index contributed by atoms with van der Waals surface area (Å²) >= 11 is 5.86. The van der Waals surface area contributed by atoms with Gasteiger partial charge in [0.1, 0.15) is 24.2 Å². The van der Waals surface area contributed by atoms with Crippen molar-refractivity contribution in [1.82, 2.24) is 10.2 Å². The molecule has 36 heavy (non-hydrogen) atoms. The third kappa shape index (κ3) is 8.09. The SMILES string of the molecule is CCCCNC(=O)[C@H](CC)N(Cc1ccc(OC)cc1)C(=O)CN(c1ccc(F)c(Cl)c1)S(C)(=O)=O. The van der Waals surface area contributed by atoms with Crippen molar-refractivity contribution in [2.75, 3.05) is 30.8 Å². The summed E-state index contributed by atoms with van der Waals surface area (Å²) in [5, 5.41) is 2.59. The summed E-state index contributed by atoms with van der Waals surface area (Å²) in [6.07, 6.45) is 2.96. The lowest BCUT2D eigenvalue weighted by molar-refractivity contribution is -0.140. The second-order valence-electron chi connectivity index (χ2n) is 8.31. The number of nitrogens with zero attached hydrogens (tertiary/aromatic N) is 2. The summed E-state index contributed by atoms with van der Waals surface area (Å²) in [6.45, 7) is 3.75. The monoisotopic (exact) mass is 541 g/mol. The Bertz CT molecular complexity index is 1140. The first kappa shape index (κ1) is 29.4. The summed E-state index contributed by atoms with van der Waals surface area (Å²) < 4.78 is 44.9. The Hall–Kier alpha value is -2.85. The number of amides is 2. The molecular formula is C25H33ClFN3O5S. The number of hydrogen-bond donors (Lipinski definition) is 1. The van der Waals surface area contributed by atoms with Gasteiger partial charge in [0.05, 0.1) is 24.1 Å². The standard InChI is InChI=1S/C25H33ClFN3O5S/c1-5-7-14-28-25(32)23(6-2)29(16-18-8-11-20(35-3)12-9-18)24(31)17-30(36(4,33)34)19-10-13-22(27)21(26)15-19/h8-13,15,23H,5-7,14,16-17H2,1-4H3,(H,28,32)/t23-/m0/s1. The normalized spacial score (nSPS) is 12.1. The quantitative estimate of drug-likeness (QED) is 0.387. The van der Waals surface area contributed by atoms with Gasteiger partial charge in [-0.25, -0.2) is 12.8 Å². The molecule has 0 fully saturated rings. The first-order chi connectivity index (χ1) is 17.0. The van der Waals surface area contributed by atoms with Gasteiger partial charge in [-0.2, -0.15) is 0 Å². The van der Waals surface area contributed by atoms with Crippen LogP contribution in [0, 0.1) is 5.82 Å². The van der Waals surface area contributed by atoms with Gasteiger partial charge in [0.25, 0.3) is 0 Å². The zero-order chi connectivity index (χ0) is 26.9. The Morgan fingerprint density at radius 1 is 1.14 bits per heavy atom. The van der Waals surface area contributed by atoms with Crippen LogP contribution in [0.1, 0.15) is 38.7 Å². The van der Waals surface area contributed by atoms with E-state index in [9.17, 15) is 22.4 Å². The number of anilines is 1. The second-order valence-corrected chi connectivity index (χ2v) is 10.6. The van der Waals surface area contributed by atoms with E-state index < -0.39 is 34.3 Å². The number of nitrogens with one attached hydrogen (secondary N) is 1. The van der Waals surface area contributed by atoms with E-state index in [-0.39, 0.29) is 23.2 Å². The summed E-state index contributed by atoms with van der Waals surface area (Å²) in [7, 11) is -2.40. The van der Waals surface area contributed by atoms with Crippen LogP contribution in [0.15, 0.2) is 42.5 Å². The molecule has 0 aliphatic heterocycles. The van der Waals surface area contributed by atoms with Crippen LogP contribution in [0.25, 0.3) is 0 Å². The van der Waals surface area contributed by atoms with Gasteiger partial charge < -0.3 is 15.0 Å². The van der Waals surface area contributed by atoms with Gasteiger partial charge in [0.15, 0.2) is 0 Å². The first-order valence-electron chi connectivity index (χ1n) is 11.6. The maximum atomic E-state index is 13.7. The summed E-state index contributed by atoms with van der Waals surface area (Å²) in [4.78, 5) is 28.0.